The second kappa shape index (κ2) is 6.65. The van der Waals surface area contributed by atoms with Crippen LogP contribution in [-0.2, 0) is 19.4 Å². The molecule has 0 aliphatic carbocycles. The lowest BCUT2D eigenvalue weighted by atomic mass is 10.0. The first-order valence-electron chi connectivity index (χ1n) is 6.30. The van der Waals surface area contributed by atoms with E-state index < -0.39 is 21.6 Å². The Labute approximate surface area is 118 Å². The Balaban J connectivity index is 2.93. The van der Waals surface area contributed by atoms with Gasteiger partial charge in [0.1, 0.15) is 0 Å². The molecule has 1 rings (SSSR count). The Morgan fingerprint density at radius 2 is 1.70 bits per heavy atom. The van der Waals surface area contributed by atoms with Crippen molar-refractivity contribution in [2.75, 3.05) is 12.4 Å². The summed E-state index contributed by atoms with van der Waals surface area (Å²) in [5, 5.41) is 0. The maximum atomic E-state index is 11.9. The summed E-state index contributed by atoms with van der Waals surface area (Å²) in [7, 11) is -3.73. The van der Waals surface area contributed by atoms with Gasteiger partial charge < -0.3 is 4.74 Å². The SMILES string of the molecule is CCOC(=O)CS(=O)(=O)c1ccc(C(=O)C(C)C)cc1. The summed E-state index contributed by atoms with van der Waals surface area (Å²) in [5.41, 5.74) is 0.454. The van der Waals surface area contributed by atoms with Crippen LogP contribution in [0.4, 0.5) is 0 Å². The zero-order valence-corrected chi connectivity index (χ0v) is 12.6. The summed E-state index contributed by atoms with van der Waals surface area (Å²) in [4.78, 5) is 23.0. The van der Waals surface area contributed by atoms with Gasteiger partial charge in [-0.2, -0.15) is 0 Å². The van der Waals surface area contributed by atoms with Gasteiger partial charge in [-0.3, -0.25) is 9.59 Å². The van der Waals surface area contributed by atoms with E-state index in [1.54, 1.807) is 20.8 Å². The van der Waals surface area contributed by atoms with Crippen molar-refractivity contribution in [2.24, 2.45) is 5.92 Å². The third-order valence-electron chi connectivity index (χ3n) is 2.64. The van der Waals surface area contributed by atoms with Crippen LogP contribution in [0, 0.1) is 5.92 Å². The summed E-state index contributed by atoms with van der Waals surface area (Å²) < 4.78 is 28.5. The number of ether oxygens (including phenoxy) is 1. The van der Waals surface area contributed by atoms with E-state index in [9.17, 15) is 18.0 Å². The van der Waals surface area contributed by atoms with Crippen molar-refractivity contribution in [1.82, 2.24) is 0 Å². The van der Waals surface area contributed by atoms with Crippen molar-refractivity contribution < 1.29 is 22.7 Å². The van der Waals surface area contributed by atoms with Crippen LogP contribution in [0.3, 0.4) is 0 Å². The number of hydrogen-bond donors (Lipinski definition) is 0. The van der Waals surface area contributed by atoms with E-state index >= 15 is 0 Å². The van der Waals surface area contributed by atoms with Crippen LogP contribution in [0.1, 0.15) is 31.1 Å². The number of esters is 1. The Morgan fingerprint density at radius 3 is 2.15 bits per heavy atom. The highest BCUT2D eigenvalue weighted by Gasteiger charge is 2.20. The Morgan fingerprint density at radius 1 is 1.15 bits per heavy atom. The first-order chi connectivity index (χ1) is 9.27. The summed E-state index contributed by atoms with van der Waals surface area (Å²) in [6, 6.07) is 5.59. The van der Waals surface area contributed by atoms with Gasteiger partial charge in [0.05, 0.1) is 11.5 Å². The molecule has 0 bridgehead atoms. The number of rotatable bonds is 6. The smallest absolute Gasteiger partial charge is 0.321 e. The monoisotopic (exact) mass is 298 g/mol. The zero-order chi connectivity index (χ0) is 15.3. The van der Waals surface area contributed by atoms with Gasteiger partial charge >= 0.3 is 5.97 Å². The molecule has 1 aromatic carbocycles. The Bertz CT molecular complexity index is 584. The predicted molar refractivity (Wildman–Crippen MR) is 74.3 cm³/mol. The van der Waals surface area contributed by atoms with Crippen LogP contribution >= 0.6 is 0 Å². The second-order valence-corrected chi connectivity index (χ2v) is 6.60. The fraction of sp³-hybridized carbons (Fsp3) is 0.429. The molecule has 5 nitrogen and oxygen atoms in total. The molecular weight excluding hydrogens is 280 g/mol. The third-order valence-corrected chi connectivity index (χ3v) is 4.24. The van der Waals surface area contributed by atoms with E-state index in [0.29, 0.717) is 5.56 Å². The molecule has 110 valence electrons. The second-order valence-electron chi connectivity index (χ2n) is 4.61. The van der Waals surface area contributed by atoms with Gasteiger partial charge in [0.15, 0.2) is 21.4 Å². The lowest BCUT2D eigenvalue weighted by molar-refractivity contribution is -0.139. The van der Waals surface area contributed by atoms with Crippen molar-refractivity contribution in [3.8, 4) is 0 Å². The van der Waals surface area contributed by atoms with E-state index in [4.69, 9.17) is 0 Å². The molecule has 0 heterocycles. The van der Waals surface area contributed by atoms with E-state index in [1.165, 1.54) is 24.3 Å². The molecule has 0 aromatic heterocycles. The molecule has 0 amide bonds. The molecule has 0 unspecified atom stereocenters. The topological polar surface area (TPSA) is 77.5 Å². The van der Waals surface area contributed by atoms with Crippen molar-refractivity contribution in [3.63, 3.8) is 0 Å². The van der Waals surface area contributed by atoms with Crippen molar-refractivity contribution >= 4 is 21.6 Å². The third kappa shape index (κ3) is 4.16. The molecule has 1 aromatic rings. The minimum Gasteiger partial charge on any atom is -0.465 e. The Kier molecular flexibility index (Phi) is 5.44. The van der Waals surface area contributed by atoms with Crippen LogP contribution < -0.4 is 0 Å². The molecule has 0 saturated carbocycles. The van der Waals surface area contributed by atoms with Crippen LogP contribution in [0.15, 0.2) is 29.2 Å². The molecule has 0 spiro atoms. The minimum absolute atomic E-state index is 0.00543. The highest BCUT2D eigenvalue weighted by molar-refractivity contribution is 7.92. The lowest BCUT2D eigenvalue weighted by Crippen LogP contribution is -2.18. The van der Waals surface area contributed by atoms with Gasteiger partial charge in [0.25, 0.3) is 0 Å². The maximum absolute atomic E-state index is 11.9. The molecular formula is C14H18O5S. The molecule has 0 aliphatic rings. The number of carbonyl (C=O) groups is 2. The quantitative estimate of drug-likeness (QED) is 0.592. The summed E-state index contributed by atoms with van der Waals surface area (Å²) in [6.45, 7) is 5.29. The largest absolute Gasteiger partial charge is 0.465 e. The average Bonchev–Trinajstić information content (AvgIpc) is 2.37. The van der Waals surface area contributed by atoms with Crippen LogP contribution in [0.2, 0.25) is 0 Å². The van der Waals surface area contributed by atoms with Gasteiger partial charge in [0.2, 0.25) is 0 Å². The number of carbonyl (C=O) groups excluding carboxylic acids is 2. The van der Waals surface area contributed by atoms with Gasteiger partial charge in [-0.05, 0) is 19.1 Å². The molecule has 20 heavy (non-hydrogen) atoms. The van der Waals surface area contributed by atoms with Crippen LogP contribution in [0.25, 0.3) is 0 Å². The molecule has 0 radical (unpaired) electrons. The summed E-state index contributed by atoms with van der Waals surface area (Å²) >= 11 is 0. The van der Waals surface area contributed by atoms with Crippen LogP contribution in [-0.4, -0.2) is 32.5 Å². The van der Waals surface area contributed by atoms with Crippen molar-refractivity contribution in [1.29, 1.82) is 0 Å². The van der Waals surface area contributed by atoms with Gasteiger partial charge in [-0.1, -0.05) is 26.0 Å². The standard InChI is InChI=1S/C14H18O5S/c1-4-19-13(15)9-20(17,18)12-7-5-11(6-8-12)14(16)10(2)3/h5-8,10H,4,9H2,1-3H3. The molecule has 0 saturated heterocycles. The van der Waals surface area contributed by atoms with Gasteiger partial charge in [-0.25, -0.2) is 8.42 Å². The maximum Gasteiger partial charge on any atom is 0.321 e. The number of sulfone groups is 1. The number of ketones is 1. The highest BCUT2D eigenvalue weighted by Crippen LogP contribution is 2.15. The van der Waals surface area contributed by atoms with Gasteiger partial charge in [0, 0.05) is 11.5 Å². The highest BCUT2D eigenvalue weighted by atomic mass is 32.2. The van der Waals surface area contributed by atoms with Crippen LogP contribution in [0.5, 0.6) is 0 Å². The molecule has 0 aliphatic heterocycles. The average molecular weight is 298 g/mol. The number of Topliss-reactive ketones (excluding diaryl/α,β-unsaturated/α-hetero) is 1. The van der Waals surface area contributed by atoms with Crippen molar-refractivity contribution in [3.05, 3.63) is 29.8 Å². The van der Waals surface area contributed by atoms with E-state index in [-0.39, 0.29) is 23.2 Å². The first kappa shape index (κ1) is 16.4. The normalized spacial score (nSPS) is 11.4. The Hall–Kier alpha value is -1.69. The fourth-order valence-corrected chi connectivity index (χ4v) is 2.71. The number of hydrogen-bond acceptors (Lipinski definition) is 5. The van der Waals surface area contributed by atoms with Crippen molar-refractivity contribution in [2.45, 2.75) is 25.7 Å². The lowest BCUT2D eigenvalue weighted by Gasteiger charge is -2.07. The molecule has 0 fully saturated rings. The summed E-state index contributed by atoms with van der Waals surface area (Å²) in [6.07, 6.45) is 0. The van der Waals surface area contributed by atoms with E-state index in [0.717, 1.165) is 0 Å². The predicted octanol–water partition coefficient (Wildman–Crippen LogP) is 1.86. The molecule has 0 N–H and O–H groups in total. The summed E-state index contributed by atoms with van der Waals surface area (Å²) in [5.74, 6) is -1.69. The number of benzene rings is 1. The van der Waals surface area contributed by atoms with Gasteiger partial charge in [-0.15, -0.1) is 0 Å². The van der Waals surface area contributed by atoms with E-state index in [2.05, 4.69) is 4.74 Å². The first-order valence-corrected chi connectivity index (χ1v) is 7.95. The van der Waals surface area contributed by atoms with E-state index in [1.807, 2.05) is 0 Å². The fourth-order valence-electron chi connectivity index (χ4n) is 1.60. The zero-order valence-electron chi connectivity index (χ0n) is 11.8. The minimum atomic E-state index is -3.73. The molecule has 0 atom stereocenters. The molecule has 6 heteroatoms.